The summed E-state index contributed by atoms with van der Waals surface area (Å²) in [7, 11) is 0. The molecule has 0 saturated carbocycles. The van der Waals surface area contributed by atoms with E-state index in [-0.39, 0.29) is 41.8 Å². The van der Waals surface area contributed by atoms with Gasteiger partial charge in [0.2, 0.25) is 11.2 Å². The smallest absolute Gasteiger partial charge is 0.347 e. The van der Waals surface area contributed by atoms with Crippen molar-refractivity contribution >= 4 is 22.8 Å². The maximum Gasteiger partial charge on any atom is 0.347 e. The molecular weight excluding hydrogens is 745 g/mol. The second-order valence-corrected chi connectivity index (χ2v) is 15.2. The summed E-state index contributed by atoms with van der Waals surface area (Å²) in [6, 6.07) is 39.7. The van der Waals surface area contributed by atoms with Crippen molar-refractivity contribution in [3.8, 4) is 5.75 Å². The van der Waals surface area contributed by atoms with Gasteiger partial charge in [0.25, 0.3) is 5.91 Å². The van der Waals surface area contributed by atoms with E-state index in [1.807, 2.05) is 30.3 Å². The number of aromatic nitrogens is 1. The van der Waals surface area contributed by atoms with Gasteiger partial charge in [-0.2, -0.15) is 0 Å². The Morgan fingerprint density at radius 3 is 2.25 bits per heavy atom. The van der Waals surface area contributed by atoms with Crippen LogP contribution in [-0.2, 0) is 34.6 Å². The van der Waals surface area contributed by atoms with Crippen molar-refractivity contribution in [2.45, 2.75) is 44.1 Å². The molecule has 1 amide bonds. The number of piperidine rings is 1. The van der Waals surface area contributed by atoms with Gasteiger partial charge >= 0.3 is 5.97 Å². The number of rotatable bonds is 16. The number of esters is 1. The lowest BCUT2D eigenvalue weighted by Crippen LogP contribution is -2.40. The summed E-state index contributed by atoms with van der Waals surface area (Å²) in [5.74, 6) is -0.797. The molecule has 59 heavy (non-hydrogen) atoms. The topological polar surface area (TPSA) is 164 Å². The third kappa shape index (κ3) is 10.1. The van der Waals surface area contributed by atoms with Crippen LogP contribution in [0.3, 0.4) is 0 Å². The number of nitrogens with one attached hydrogen (secondary N) is 3. The predicted octanol–water partition coefficient (Wildman–Crippen LogP) is 5.72. The molecule has 1 saturated heterocycles. The van der Waals surface area contributed by atoms with Crippen LogP contribution >= 0.6 is 0 Å². The van der Waals surface area contributed by atoms with Gasteiger partial charge in [-0.15, -0.1) is 0 Å². The number of amides is 1. The van der Waals surface area contributed by atoms with Gasteiger partial charge in [0, 0.05) is 43.2 Å². The number of pyridine rings is 1. The van der Waals surface area contributed by atoms with Crippen LogP contribution < -0.4 is 16.2 Å². The lowest BCUT2D eigenvalue weighted by molar-refractivity contribution is -0.164. The first-order chi connectivity index (χ1) is 28.7. The van der Waals surface area contributed by atoms with Gasteiger partial charge in [0.15, 0.2) is 0 Å². The molecule has 1 aliphatic rings. The van der Waals surface area contributed by atoms with E-state index in [1.54, 1.807) is 66.7 Å². The Hall–Kier alpha value is -6.11. The SMILES string of the molecule is O=C(NCCc1cccc(C(O)(C(=O)OCC2CCN(Cc3ccccc3)CC2)c2ccccc2)c1)c1ccc(CNC[C@H](O)c2ccc(O)c3[nH]c(=O)ccc23)cc1. The largest absolute Gasteiger partial charge is 0.506 e. The van der Waals surface area contributed by atoms with Crippen molar-refractivity contribution in [2.75, 3.05) is 32.8 Å². The number of aromatic hydroxyl groups is 1. The molecule has 6 N–H and O–H groups in total. The Kier molecular flexibility index (Phi) is 13.3. The lowest BCUT2D eigenvalue weighted by Gasteiger charge is -2.33. The van der Waals surface area contributed by atoms with Crippen LogP contribution in [0.4, 0.5) is 0 Å². The predicted molar refractivity (Wildman–Crippen MR) is 227 cm³/mol. The van der Waals surface area contributed by atoms with Gasteiger partial charge in [-0.25, -0.2) is 4.79 Å². The molecule has 11 nitrogen and oxygen atoms in total. The minimum Gasteiger partial charge on any atom is -0.506 e. The number of carbonyl (C=O) groups is 2. The van der Waals surface area contributed by atoms with Crippen LogP contribution in [0.5, 0.6) is 5.75 Å². The number of hydrogen-bond acceptors (Lipinski definition) is 9. The minimum atomic E-state index is -2.01. The zero-order valence-electron chi connectivity index (χ0n) is 32.8. The number of hydrogen-bond donors (Lipinski definition) is 6. The Balaban J connectivity index is 0.900. The van der Waals surface area contributed by atoms with Crippen LogP contribution in [0.2, 0.25) is 0 Å². The summed E-state index contributed by atoms with van der Waals surface area (Å²) in [4.78, 5) is 43.7. The molecule has 6 aromatic rings. The van der Waals surface area contributed by atoms with E-state index in [9.17, 15) is 29.7 Å². The Labute approximate surface area is 343 Å². The number of phenols is 1. The number of phenolic OH excluding ortho intramolecular Hbond substituents is 1. The van der Waals surface area contributed by atoms with Gasteiger partial charge in [-0.3, -0.25) is 14.5 Å². The van der Waals surface area contributed by atoms with Crippen molar-refractivity contribution < 1.29 is 29.6 Å². The van der Waals surface area contributed by atoms with Crippen LogP contribution in [-0.4, -0.2) is 69.9 Å². The van der Waals surface area contributed by atoms with Crippen LogP contribution in [0, 0.1) is 5.92 Å². The monoisotopic (exact) mass is 794 g/mol. The molecule has 2 atom stereocenters. The summed E-state index contributed by atoms with van der Waals surface area (Å²) in [6.45, 7) is 3.98. The van der Waals surface area contributed by atoms with E-state index in [2.05, 4.69) is 44.8 Å². The summed E-state index contributed by atoms with van der Waals surface area (Å²) in [5, 5.41) is 39.9. The Morgan fingerprint density at radius 2 is 1.51 bits per heavy atom. The number of ether oxygens (including phenoxy) is 1. The van der Waals surface area contributed by atoms with Crippen molar-refractivity contribution in [1.29, 1.82) is 0 Å². The highest BCUT2D eigenvalue weighted by Gasteiger charge is 2.42. The molecule has 0 bridgehead atoms. The van der Waals surface area contributed by atoms with Crippen molar-refractivity contribution in [1.82, 2.24) is 20.5 Å². The fraction of sp³-hybridized carbons (Fsp3) is 0.271. The zero-order chi connectivity index (χ0) is 41.2. The number of nitrogens with zero attached hydrogens (tertiary/aromatic N) is 1. The van der Waals surface area contributed by atoms with Crippen molar-refractivity contribution in [2.24, 2.45) is 5.92 Å². The first-order valence-electron chi connectivity index (χ1n) is 20.1. The van der Waals surface area contributed by atoms with Crippen molar-refractivity contribution in [3.63, 3.8) is 0 Å². The first-order valence-corrected chi connectivity index (χ1v) is 20.1. The summed E-state index contributed by atoms with van der Waals surface area (Å²) in [6.07, 6.45) is 1.40. The maximum absolute atomic E-state index is 13.8. The number of carbonyl (C=O) groups excluding carboxylic acids is 2. The molecule has 7 rings (SSSR count). The number of aliphatic hydroxyl groups excluding tert-OH is 1. The Bertz CT molecular complexity index is 2400. The molecule has 0 radical (unpaired) electrons. The zero-order valence-corrected chi connectivity index (χ0v) is 32.8. The molecule has 1 unspecified atom stereocenters. The van der Waals surface area contributed by atoms with Gasteiger partial charge in [-0.05, 0) is 95.9 Å². The molecule has 304 valence electrons. The lowest BCUT2D eigenvalue weighted by atomic mass is 9.85. The van der Waals surface area contributed by atoms with Crippen LogP contribution in [0.1, 0.15) is 62.7 Å². The van der Waals surface area contributed by atoms with Crippen LogP contribution in [0.25, 0.3) is 10.9 Å². The highest BCUT2D eigenvalue weighted by molar-refractivity contribution is 5.94. The summed E-state index contributed by atoms with van der Waals surface area (Å²) >= 11 is 0. The number of aromatic amines is 1. The van der Waals surface area contributed by atoms with Gasteiger partial charge in [-0.1, -0.05) is 103 Å². The normalized spacial score (nSPS) is 15.0. The molecule has 1 aromatic heterocycles. The second-order valence-electron chi connectivity index (χ2n) is 15.2. The van der Waals surface area contributed by atoms with E-state index in [0.29, 0.717) is 47.2 Å². The fourth-order valence-corrected chi connectivity index (χ4v) is 7.69. The molecule has 2 heterocycles. The van der Waals surface area contributed by atoms with E-state index in [0.717, 1.165) is 43.6 Å². The molecule has 1 fully saturated rings. The summed E-state index contributed by atoms with van der Waals surface area (Å²) < 4.78 is 5.89. The third-order valence-corrected chi connectivity index (χ3v) is 11.1. The summed E-state index contributed by atoms with van der Waals surface area (Å²) in [5.41, 5.74) is 2.86. The van der Waals surface area contributed by atoms with E-state index in [1.165, 1.54) is 17.7 Å². The Morgan fingerprint density at radius 1 is 0.814 bits per heavy atom. The highest BCUT2D eigenvalue weighted by atomic mass is 16.5. The fourth-order valence-electron chi connectivity index (χ4n) is 7.69. The number of H-pyrrole nitrogens is 1. The van der Waals surface area contributed by atoms with Gasteiger partial charge < -0.3 is 35.7 Å². The third-order valence-electron chi connectivity index (χ3n) is 11.1. The minimum absolute atomic E-state index is 0.0669. The first kappa shape index (κ1) is 41.1. The second kappa shape index (κ2) is 19.1. The molecule has 1 aliphatic heterocycles. The maximum atomic E-state index is 13.8. The molecule has 0 aliphatic carbocycles. The average Bonchev–Trinajstić information content (AvgIpc) is 3.27. The molecule has 5 aromatic carbocycles. The number of benzene rings is 5. The van der Waals surface area contributed by atoms with Gasteiger partial charge in [0.1, 0.15) is 5.75 Å². The highest BCUT2D eigenvalue weighted by Crippen LogP contribution is 2.33. The van der Waals surface area contributed by atoms with Crippen molar-refractivity contribution in [3.05, 3.63) is 183 Å². The molecular formula is C48H50N4O7. The van der Waals surface area contributed by atoms with E-state index in [4.69, 9.17) is 4.74 Å². The van der Waals surface area contributed by atoms with Crippen LogP contribution in [0.15, 0.2) is 138 Å². The van der Waals surface area contributed by atoms with E-state index < -0.39 is 17.7 Å². The standard InChI is InChI=1S/C48H50N4O7/c53-42-20-18-40(41-19-21-44(55)51-45(41)42)43(54)30-49-29-34-14-16-37(17-15-34)46(56)50-25-22-33-10-7-13-39(28-33)48(58,38-11-5-2-6-12-38)47(57)59-32-36-23-26-52(27-24-36)31-35-8-3-1-4-9-35/h1-21,28,36,43,49,53-54,58H,22-27,29-32H2,(H,50,56)(H,51,55)/t43-,48?/m0/s1. The molecule has 0 spiro atoms. The van der Waals surface area contributed by atoms with Gasteiger partial charge in [0.05, 0.1) is 18.2 Å². The quantitative estimate of drug-likeness (QED) is 0.0673. The molecule has 11 heteroatoms. The average molecular weight is 795 g/mol. The number of fused-ring (bicyclic) bond motifs is 1. The van der Waals surface area contributed by atoms with E-state index >= 15 is 0 Å². The number of likely N-dealkylation sites (tertiary alicyclic amines) is 1. The number of aliphatic hydroxyl groups is 2.